The normalized spacial score (nSPS) is 16.2. The van der Waals surface area contributed by atoms with Crippen LogP contribution in [-0.4, -0.2) is 42.3 Å². The summed E-state index contributed by atoms with van der Waals surface area (Å²) in [5.41, 5.74) is 9.26. The molecule has 4 aromatic carbocycles. The highest BCUT2D eigenvalue weighted by atomic mass is 15.5. The van der Waals surface area contributed by atoms with Gasteiger partial charge < -0.3 is 0 Å². The molecule has 0 spiro atoms. The van der Waals surface area contributed by atoms with E-state index in [0.29, 0.717) is 6.04 Å². The van der Waals surface area contributed by atoms with Gasteiger partial charge in [-0.3, -0.25) is 9.91 Å². The van der Waals surface area contributed by atoms with Gasteiger partial charge >= 0.3 is 0 Å². The molecule has 4 aromatic rings. The van der Waals surface area contributed by atoms with Crippen molar-refractivity contribution in [1.29, 1.82) is 0 Å². The Morgan fingerprint density at radius 1 is 0.576 bits per heavy atom. The Bertz CT molecular complexity index is 1220. The zero-order valence-corrected chi connectivity index (χ0v) is 18.6. The van der Waals surface area contributed by atoms with E-state index in [-0.39, 0.29) is 0 Å². The summed E-state index contributed by atoms with van der Waals surface area (Å²) in [6, 6.07) is 37.2. The Balaban J connectivity index is 1.13. The Morgan fingerprint density at radius 2 is 1.12 bits per heavy atom. The van der Waals surface area contributed by atoms with E-state index >= 15 is 0 Å². The highest BCUT2D eigenvalue weighted by molar-refractivity contribution is 5.81. The van der Waals surface area contributed by atoms with Crippen LogP contribution in [0.4, 0.5) is 0 Å². The molecule has 3 heteroatoms. The predicted octanol–water partition coefficient (Wildman–Crippen LogP) is 6.08. The number of benzene rings is 4. The molecule has 1 heterocycles. The quantitative estimate of drug-likeness (QED) is 0.366. The van der Waals surface area contributed by atoms with Crippen LogP contribution in [0.5, 0.6) is 0 Å². The maximum atomic E-state index is 4.79. The lowest BCUT2D eigenvalue weighted by Gasteiger charge is -2.37. The fraction of sp³-hybridized carbons (Fsp3) is 0.167. The van der Waals surface area contributed by atoms with Crippen LogP contribution in [0.25, 0.3) is 22.3 Å². The first-order valence-corrected chi connectivity index (χ1v) is 11.7. The largest absolute Gasteiger partial charge is 0.294 e. The third kappa shape index (κ3) is 3.85. The molecule has 0 saturated carbocycles. The average molecular weight is 430 g/mol. The first-order valence-electron chi connectivity index (χ1n) is 11.7. The summed E-state index contributed by atoms with van der Waals surface area (Å²) in [5.74, 6) is 0. The topological polar surface area (TPSA) is 18.8 Å². The summed E-state index contributed by atoms with van der Waals surface area (Å²) in [4.78, 5) is 2.62. The molecular weight excluding hydrogens is 402 g/mol. The Morgan fingerprint density at radius 3 is 1.76 bits per heavy atom. The Kier molecular flexibility index (Phi) is 5.25. The smallest absolute Gasteiger partial charge is 0.0615 e. The van der Waals surface area contributed by atoms with Crippen molar-refractivity contribution >= 4 is 6.21 Å². The summed E-state index contributed by atoms with van der Waals surface area (Å²) >= 11 is 0. The van der Waals surface area contributed by atoms with Crippen LogP contribution in [0.1, 0.15) is 22.7 Å². The van der Waals surface area contributed by atoms with Crippen LogP contribution < -0.4 is 0 Å². The minimum atomic E-state index is 0.356. The van der Waals surface area contributed by atoms with Gasteiger partial charge in [-0.1, -0.05) is 103 Å². The van der Waals surface area contributed by atoms with Crippen LogP contribution in [0.15, 0.2) is 108 Å². The highest BCUT2D eigenvalue weighted by Crippen LogP contribution is 2.46. The zero-order valence-electron chi connectivity index (χ0n) is 18.6. The van der Waals surface area contributed by atoms with Gasteiger partial charge in [0.2, 0.25) is 0 Å². The second kappa shape index (κ2) is 8.68. The van der Waals surface area contributed by atoms with E-state index in [1.807, 2.05) is 6.21 Å². The van der Waals surface area contributed by atoms with Crippen molar-refractivity contribution in [3.8, 4) is 22.3 Å². The maximum Gasteiger partial charge on any atom is 0.0615 e. The van der Waals surface area contributed by atoms with E-state index in [4.69, 9.17) is 5.10 Å². The van der Waals surface area contributed by atoms with Crippen LogP contribution in [-0.2, 0) is 0 Å². The van der Waals surface area contributed by atoms with Crippen LogP contribution in [0.2, 0.25) is 0 Å². The minimum Gasteiger partial charge on any atom is -0.294 e. The average Bonchev–Trinajstić information content (AvgIpc) is 3.23. The third-order valence-electron chi connectivity index (χ3n) is 6.84. The summed E-state index contributed by atoms with van der Waals surface area (Å²) < 4.78 is 0. The summed E-state index contributed by atoms with van der Waals surface area (Å²) in [5, 5.41) is 6.99. The van der Waals surface area contributed by atoms with Gasteiger partial charge in [-0.15, -0.1) is 0 Å². The van der Waals surface area contributed by atoms with Crippen molar-refractivity contribution in [3.63, 3.8) is 0 Å². The summed E-state index contributed by atoms with van der Waals surface area (Å²) in [7, 11) is 0. The van der Waals surface area contributed by atoms with Crippen molar-refractivity contribution in [1.82, 2.24) is 9.91 Å². The molecule has 162 valence electrons. The van der Waals surface area contributed by atoms with Crippen LogP contribution in [0.3, 0.4) is 0 Å². The van der Waals surface area contributed by atoms with E-state index in [1.165, 1.54) is 33.4 Å². The third-order valence-corrected chi connectivity index (χ3v) is 6.84. The highest BCUT2D eigenvalue weighted by Gasteiger charge is 2.33. The fourth-order valence-corrected chi connectivity index (χ4v) is 5.15. The number of hydrazone groups is 1. The first-order chi connectivity index (χ1) is 16.4. The van der Waals surface area contributed by atoms with Crippen molar-refractivity contribution < 1.29 is 0 Å². The molecule has 3 nitrogen and oxygen atoms in total. The van der Waals surface area contributed by atoms with Crippen molar-refractivity contribution in [2.75, 3.05) is 26.2 Å². The van der Waals surface area contributed by atoms with E-state index in [9.17, 15) is 0 Å². The maximum absolute atomic E-state index is 4.79. The van der Waals surface area contributed by atoms with E-state index in [1.54, 1.807) is 0 Å². The Labute approximate surface area is 195 Å². The SMILES string of the molecule is C(=NN1CCN(C2c3ccccc3-c3ccccc32)CC1)c1ccc(-c2ccccc2)cc1. The number of piperazine rings is 1. The molecule has 0 aromatic heterocycles. The number of rotatable bonds is 4. The fourth-order valence-electron chi connectivity index (χ4n) is 5.15. The van der Waals surface area contributed by atoms with Gasteiger partial charge in [0.05, 0.1) is 12.3 Å². The molecule has 1 saturated heterocycles. The van der Waals surface area contributed by atoms with Gasteiger partial charge in [0.15, 0.2) is 0 Å². The first kappa shape index (κ1) is 20.0. The Hall–Kier alpha value is -3.69. The number of fused-ring (bicyclic) bond motifs is 3. The molecule has 1 aliphatic carbocycles. The molecule has 33 heavy (non-hydrogen) atoms. The van der Waals surface area contributed by atoms with Crippen LogP contribution in [0, 0.1) is 0 Å². The molecule has 0 amide bonds. The van der Waals surface area contributed by atoms with Gasteiger partial charge in [0.1, 0.15) is 0 Å². The molecule has 6 rings (SSSR count). The zero-order chi connectivity index (χ0) is 22.0. The van der Waals surface area contributed by atoms with Gasteiger partial charge in [0.25, 0.3) is 0 Å². The monoisotopic (exact) mass is 429 g/mol. The number of hydrogen-bond acceptors (Lipinski definition) is 3. The second-order valence-corrected chi connectivity index (χ2v) is 8.80. The standard InChI is InChI=1S/C30H27N3/c1-2-8-24(9-3-1)25-16-14-23(15-17-25)22-31-33-20-18-32(19-21-33)30-28-12-6-4-10-26(28)27-11-5-7-13-29(27)30/h1-17,22,30H,18-21H2. The number of hydrogen-bond donors (Lipinski definition) is 0. The summed E-state index contributed by atoms with van der Waals surface area (Å²) in [6.07, 6.45) is 1.99. The van der Waals surface area contributed by atoms with Crippen molar-refractivity contribution in [2.24, 2.45) is 5.10 Å². The van der Waals surface area contributed by atoms with Gasteiger partial charge in [0, 0.05) is 26.2 Å². The van der Waals surface area contributed by atoms with Crippen LogP contribution >= 0.6 is 0 Å². The lowest BCUT2D eigenvalue weighted by molar-refractivity contribution is 0.114. The minimum absolute atomic E-state index is 0.356. The molecule has 0 N–H and O–H groups in total. The molecule has 0 unspecified atom stereocenters. The molecule has 1 fully saturated rings. The molecule has 0 radical (unpaired) electrons. The molecule has 0 atom stereocenters. The van der Waals surface area contributed by atoms with Gasteiger partial charge in [-0.25, -0.2) is 0 Å². The van der Waals surface area contributed by atoms with Crippen molar-refractivity contribution in [2.45, 2.75) is 6.04 Å². The van der Waals surface area contributed by atoms with Gasteiger partial charge in [-0.05, 0) is 38.9 Å². The molecular formula is C30H27N3. The van der Waals surface area contributed by atoms with E-state index in [2.05, 4.69) is 113 Å². The number of nitrogens with zero attached hydrogens (tertiary/aromatic N) is 3. The molecule has 1 aliphatic heterocycles. The second-order valence-electron chi connectivity index (χ2n) is 8.80. The lowest BCUT2D eigenvalue weighted by atomic mass is 10.0. The van der Waals surface area contributed by atoms with Gasteiger partial charge in [-0.2, -0.15) is 5.10 Å². The lowest BCUT2D eigenvalue weighted by Crippen LogP contribution is -2.45. The van der Waals surface area contributed by atoms with Crippen molar-refractivity contribution in [3.05, 3.63) is 120 Å². The molecule has 2 aliphatic rings. The molecule has 0 bridgehead atoms. The predicted molar refractivity (Wildman–Crippen MR) is 136 cm³/mol. The summed E-state index contributed by atoms with van der Waals surface area (Å²) in [6.45, 7) is 3.91. The van der Waals surface area contributed by atoms with E-state index < -0.39 is 0 Å². The van der Waals surface area contributed by atoms with E-state index in [0.717, 1.165) is 31.7 Å².